The van der Waals surface area contributed by atoms with E-state index in [4.69, 9.17) is 0 Å². The summed E-state index contributed by atoms with van der Waals surface area (Å²) in [6.45, 7) is 2.49. The summed E-state index contributed by atoms with van der Waals surface area (Å²) in [6, 6.07) is 1.99. The highest BCUT2D eigenvalue weighted by Gasteiger charge is 2.02. The van der Waals surface area contributed by atoms with Crippen LogP contribution < -0.4 is 5.32 Å². The van der Waals surface area contributed by atoms with E-state index in [-0.39, 0.29) is 0 Å². The standard InChI is InChI=1S/C8H9BrN6/c1-5-2-6(9)3-10-8(5)11-4-7-12-14-15-13-7/h2-3H,4H2,1H3,(H,10,11)(H,12,13,14,15). The third-order valence-corrected chi connectivity index (χ3v) is 2.28. The molecule has 2 aromatic rings. The molecule has 0 atom stereocenters. The topological polar surface area (TPSA) is 79.4 Å². The van der Waals surface area contributed by atoms with E-state index < -0.39 is 0 Å². The SMILES string of the molecule is Cc1cc(Br)cnc1NCc1nn[nH]n1. The fourth-order valence-corrected chi connectivity index (χ4v) is 1.59. The van der Waals surface area contributed by atoms with Gasteiger partial charge in [-0.1, -0.05) is 5.21 Å². The number of halogens is 1. The molecule has 0 aliphatic heterocycles. The van der Waals surface area contributed by atoms with Crippen LogP contribution in [-0.4, -0.2) is 25.6 Å². The molecule has 0 aliphatic carbocycles. The minimum atomic E-state index is 0.506. The number of anilines is 1. The quantitative estimate of drug-likeness (QED) is 0.877. The summed E-state index contributed by atoms with van der Waals surface area (Å²) >= 11 is 3.36. The van der Waals surface area contributed by atoms with Crippen LogP contribution in [0.5, 0.6) is 0 Å². The molecule has 2 heterocycles. The Kier molecular flexibility index (Phi) is 2.91. The number of pyridine rings is 1. The number of nitrogens with zero attached hydrogens (tertiary/aromatic N) is 4. The van der Waals surface area contributed by atoms with E-state index in [2.05, 4.69) is 46.9 Å². The molecule has 0 unspecified atom stereocenters. The molecule has 2 rings (SSSR count). The van der Waals surface area contributed by atoms with Crippen LogP contribution in [0, 0.1) is 6.92 Å². The highest BCUT2D eigenvalue weighted by molar-refractivity contribution is 9.10. The van der Waals surface area contributed by atoms with E-state index in [1.165, 1.54) is 0 Å². The van der Waals surface area contributed by atoms with Crippen molar-refractivity contribution in [2.45, 2.75) is 13.5 Å². The Balaban J connectivity index is 2.05. The number of hydrogen-bond donors (Lipinski definition) is 2. The molecular formula is C8H9BrN6. The molecule has 0 amide bonds. The Hall–Kier alpha value is -1.50. The Morgan fingerprint density at radius 2 is 2.40 bits per heavy atom. The van der Waals surface area contributed by atoms with Crippen LogP contribution in [0.3, 0.4) is 0 Å². The summed E-state index contributed by atoms with van der Waals surface area (Å²) in [6.07, 6.45) is 1.74. The van der Waals surface area contributed by atoms with Crippen LogP contribution in [-0.2, 0) is 6.54 Å². The number of tetrazole rings is 1. The third kappa shape index (κ3) is 2.50. The van der Waals surface area contributed by atoms with E-state index in [0.29, 0.717) is 12.4 Å². The first kappa shape index (κ1) is 10.0. The lowest BCUT2D eigenvalue weighted by atomic mass is 10.3. The Labute approximate surface area is 94.6 Å². The van der Waals surface area contributed by atoms with Crippen molar-refractivity contribution >= 4 is 21.7 Å². The van der Waals surface area contributed by atoms with Crippen LogP contribution in [0.4, 0.5) is 5.82 Å². The molecule has 0 fully saturated rings. The predicted molar refractivity (Wildman–Crippen MR) is 58.2 cm³/mol. The second kappa shape index (κ2) is 4.35. The van der Waals surface area contributed by atoms with E-state index >= 15 is 0 Å². The van der Waals surface area contributed by atoms with Crippen LogP contribution in [0.1, 0.15) is 11.4 Å². The fraction of sp³-hybridized carbons (Fsp3) is 0.250. The van der Waals surface area contributed by atoms with Gasteiger partial charge in [-0.25, -0.2) is 4.98 Å². The zero-order valence-electron chi connectivity index (χ0n) is 8.03. The smallest absolute Gasteiger partial charge is 0.193 e. The Bertz CT molecular complexity index is 440. The van der Waals surface area contributed by atoms with Crippen molar-refractivity contribution in [2.24, 2.45) is 0 Å². The summed E-state index contributed by atoms with van der Waals surface area (Å²) in [5.41, 5.74) is 1.06. The second-order valence-corrected chi connectivity index (χ2v) is 3.92. The summed E-state index contributed by atoms with van der Waals surface area (Å²) in [5, 5.41) is 16.6. The van der Waals surface area contributed by atoms with Crippen molar-refractivity contribution in [1.29, 1.82) is 0 Å². The molecule has 0 saturated heterocycles. The normalized spacial score (nSPS) is 10.3. The maximum Gasteiger partial charge on any atom is 0.193 e. The van der Waals surface area contributed by atoms with E-state index in [9.17, 15) is 0 Å². The molecule has 7 heteroatoms. The predicted octanol–water partition coefficient (Wildman–Crippen LogP) is 1.28. The lowest BCUT2D eigenvalue weighted by Gasteiger charge is -2.05. The summed E-state index contributed by atoms with van der Waals surface area (Å²) in [5.74, 6) is 1.43. The zero-order chi connectivity index (χ0) is 10.7. The first-order chi connectivity index (χ1) is 7.25. The molecule has 2 aromatic heterocycles. The number of aryl methyl sites for hydroxylation is 1. The van der Waals surface area contributed by atoms with E-state index in [0.717, 1.165) is 15.9 Å². The average Bonchev–Trinajstić information content (AvgIpc) is 2.69. The second-order valence-electron chi connectivity index (χ2n) is 3.00. The van der Waals surface area contributed by atoms with E-state index in [1.807, 2.05) is 13.0 Å². The Morgan fingerprint density at radius 3 is 3.07 bits per heavy atom. The molecule has 2 N–H and O–H groups in total. The van der Waals surface area contributed by atoms with Crippen molar-refractivity contribution in [3.8, 4) is 0 Å². The minimum absolute atomic E-state index is 0.506. The van der Waals surface area contributed by atoms with Gasteiger partial charge in [0.05, 0.1) is 6.54 Å². The maximum atomic E-state index is 4.23. The van der Waals surface area contributed by atoms with Gasteiger partial charge in [-0.05, 0) is 34.5 Å². The summed E-state index contributed by atoms with van der Waals surface area (Å²) < 4.78 is 0.963. The minimum Gasteiger partial charge on any atom is -0.362 e. The number of aromatic amines is 1. The lowest BCUT2D eigenvalue weighted by molar-refractivity contribution is 0.881. The molecule has 78 valence electrons. The first-order valence-electron chi connectivity index (χ1n) is 4.34. The number of hydrogen-bond acceptors (Lipinski definition) is 5. The molecule has 0 spiro atoms. The monoisotopic (exact) mass is 268 g/mol. The van der Waals surface area contributed by atoms with Gasteiger partial charge in [0.25, 0.3) is 0 Å². The van der Waals surface area contributed by atoms with Gasteiger partial charge in [-0.2, -0.15) is 5.21 Å². The van der Waals surface area contributed by atoms with Crippen molar-refractivity contribution in [3.05, 3.63) is 28.1 Å². The molecule has 15 heavy (non-hydrogen) atoms. The maximum absolute atomic E-state index is 4.23. The molecule has 6 nitrogen and oxygen atoms in total. The number of rotatable bonds is 3. The van der Waals surface area contributed by atoms with E-state index in [1.54, 1.807) is 6.20 Å². The molecule has 0 radical (unpaired) electrons. The molecule has 0 aliphatic rings. The van der Waals surface area contributed by atoms with Gasteiger partial charge >= 0.3 is 0 Å². The number of H-pyrrole nitrogens is 1. The van der Waals surface area contributed by atoms with Gasteiger partial charge in [-0.15, -0.1) is 10.2 Å². The van der Waals surface area contributed by atoms with Gasteiger partial charge < -0.3 is 5.32 Å². The summed E-state index contributed by atoms with van der Waals surface area (Å²) in [4.78, 5) is 4.23. The molecule has 0 saturated carbocycles. The van der Waals surface area contributed by atoms with Crippen LogP contribution >= 0.6 is 15.9 Å². The first-order valence-corrected chi connectivity index (χ1v) is 5.13. The highest BCUT2D eigenvalue weighted by atomic mass is 79.9. The van der Waals surface area contributed by atoms with Crippen LogP contribution in [0.15, 0.2) is 16.7 Å². The van der Waals surface area contributed by atoms with Gasteiger partial charge in [0, 0.05) is 10.7 Å². The fourth-order valence-electron chi connectivity index (χ4n) is 1.15. The van der Waals surface area contributed by atoms with Gasteiger partial charge in [-0.3, -0.25) is 0 Å². The van der Waals surface area contributed by atoms with Crippen molar-refractivity contribution in [2.75, 3.05) is 5.32 Å². The molecular weight excluding hydrogens is 260 g/mol. The number of aromatic nitrogens is 5. The number of nitrogens with one attached hydrogen (secondary N) is 2. The zero-order valence-corrected chi connectivity index (χ0v) is 9.61. The molecule has 0 bridgehead atoms. The Morgan fingerprint density at radius 1 is 1.53 bits per heavy atom. The molecule has 0 aromatic carbocycles. The van der Waals surface area contributed by atoms with Gasteiger partial charge in [0.1, 0.15) is 5.82 Å². The van der Waals surface area contributed by atoms with Crippen molar-refractivity contribution in [1.82, 2.24) is 25.6 Å². The van der Waals surface area contributed by atoms with Crippen molar-refractivity contribution in [3.63, 3.8) is 0 Å². The van der Waals surface area contributed by atoms with Crippen molar-refractivity contribution < 1.29 is 0 Å². The third-order valence-electron chi connectivity index (χ3n) is 1.85. The highest BCUT2D eigenvalue weighted by Crippen LogP contribution is 2.16. The summed E-state index contributed by atoms with van der Waals surface area (Å²) in [7, 11) is 0. The van der Waals surface area contributed by atoms with Crippen LogP contribution in [0.2, 0.25) is 0 Å². The lowest BCUT2D eigenvalue weighted by Crippen LogP contribution is -2.04. The van der Waals surface area contributed by atoms with Crippen LogP contribution in [0.25, 0.3) is 0 Å². The largest absolute Gasteiger partial charge is 0.362 e. The average molecular weight is 269 g/mol. The van der Waals surface area contributed by atoms with Gasteiger partial charge in [0.15, 0.2) is 5.82 Å². The van der Waals surface area contributed by atoms with Gasteiger partial charge in [0.2, 0.25) is 0 Å².